The normalized spacial score (nSPS) is 15.4. The van der Waals surface area contributed by atoms with Gasteiger partial charge in [-0.1, -0.05) is 32.9 Å². The van der Waals surface area contributed by atoms with Crippen LogP contribution in [0.4, 0.5) is 0 Å². The van der Waals surface area contributed by atoms with Gasteiger partial charge in [0.1, 0.15) is 5.75 Å². The van der Waals surface area contributed by atoms with Crippen molar-refractivity contribution in [1.29, 1.82) is 0 Å². The van der Waals surface area contributed by atoms with Gasteiger partial charge in [-0.3, -0.25) is 4.79 Å². The molecule has 0 aliphatic rings. The van der Waals surface area contributed by atoms with E-state index in [0.717, 1.165) is 11.3 Å². The highest BCUT2D eigenvalue weighted by Crippen LogP contribution is 2.23. The first kappa shape index (κ1) is 17.5. The molecule has 2 atom stereocenters. The summed E-state index contributed by atoms with van der Waals surface area (Å²) in [6, 6.07) is 7.75. The molecule has 0 saturated carbocycles. The molecule has 0 bridgehead atoms. The monoisotopic (exact) mass is 293 g/mol. The van der Waals surface area contributed by atoms with Crippen LogP contribution in [0.2, 0.25) is 0 Å². The predicted octanol–water partition coefficient (Wildman–Crippen LogP) is 2.71. The van der Waals surface area contributed by atoms with Crippen LogP contribution < -0.4 is 10.1 Å². The van der Waals surface area contributed by atoms with E-state index < -0.39 is 5.60 Å². The van der Waals surface area contributed by atoms with Crippen molar-refractivity contribution in [2.24, 2.45) is 5.92 Å². The number of aliphatic hydroxyl groups is 1. The summed E-state index contributed by atoms with van der Waals surface area (Å²) in [5, 5.41) is 12.9. The van der Waals surface area contributed by atoms with Crippen LogP contribution >= 0.6 is 0 Å². The maximum absolute atomic E-state index is 12.0. The van der Waals surface area contributed by atoms with Crippen molar-refractivity contribution in [2.45, 2.75) is 45.6 Å². The van der Waals surface area contributed by atoms with Crippen LogP contribution in [0.3, 0.4) is 0 Å². The number of benzene rings is 1. The molecule has 1 aromatic rings. The average molecular weight is 293 g/mol. The summed E-state index contributed by atoms with van der Waals surface area (Å²) in [5.41, 5.74) is 0.189. The Balaban J connectivity index is 2.54. The number of amides is 1. The van der Waals surface area contributed by atoms with Crippen molar-refractivity contribution in [3.63, 3.8) is 0 Å². The summed E-state index contributed by atoms with van der Waals surface area (Å²) in [5.74, 6) is 0.937. The van der Waals surface area contributed by atoms with Gasteiger partial charge in [0.05, 0.1) is 12.7 Å². The highest BCUT2D eigenvalue weighted by atomic mass is 16.5. The molecule has 0 radical (unpaired) electrons. The van der Waals surface area contributed by atoms with E-state index >= 15 is 0 Å². The third kappa shape index (κ3) is 5.38. The van der Waals surface area contributed by atoms with E-state index in [4.69, 9.17) is 4.74 Å². The molecule has 0 spiro atoms. The first-order chi connectivity index (χ1) is 9.76. The number of carbonyl (C=O) groups is 1. The number of hydrogen-bond acceptors (Lipinski definition) is 3. The van der Waals surface area contributed by atoms with Crippen LogP contribution in [0, 0.1) is 5.92 Å². The van der Waals surface area contributed by atoms with Gasteiger partial charge in [-0.2, -0.15) is 0 Å². The molecule has 1 aromatic carbocycles. The Morgan fingerprint density at radius 1 is 1.38 bits per heavy atom. The SMILES string of the molecule is COc1cccc([C@H](C)CC(=O)NC[C@](C)(O)C(C)C)c1. The lowest BCUT2D eigenvalue weighted by molar-refractivity contribution is -0.123. The minimum absolute atomic E-state index is 0.0498. The molecule has 1 amide bonds. The molecule has 21 heavy (non-hydrogen) atoms. The van der Waals surface area contributed by atoms with Gasteiger partial charge in [-0.05, 0) is 36.5 Å². The summed E-state index contributed by atoms with van der Waals surface area (Å²) in [6.07, 6.45) is 0.390. The Morgan fingerprint density at radius 3 is 2.62 bits per heavy atom. The van der Waals surface area contributed by atoms with Gasteiger partial charge < -0.3 is 15.2 Å². The third-order valence-corrected chi connectivity index (χ3v) is 4.04. The smallest absolute Gasteiger partial charge is 0.220 e. The van der Waals surface area contributed by atoms with Crippen molar-refractivity contribution in [1.82, 2.24) is 5.32 Å². The molecule has 0 fully saturated rings. The molecule has 4 heteroatoms. The van der Waals surface area contributed by atoms with Gasteiger partial charge in [0.25, 0.3) is 0 Å². The minimum Gasteiger partial charge on any atom is -0.497 e. The zero-order valence-corrected chi connectivity index (χ0v) is 13.6. The van der Waals surface area contributed by atoms with Crippen LogP contribution in [0.1, 0.15) is 45.6 Å². The Bertz CT molecular complexity index is 469. The van der Waals surface area contributed by atoms with E-state index in [9.17, 15) is 9.90 Å². The maximum Gasteiger partial charge on any atom is 0.220 e. The summed E-state index contributed by atoms with van der Waals surface area (Å²) in [4.78, 5) is 12.0. The highest BCUT2D eigenvalue weighted by Gasteiger charge is 2.25. The Morgan fingerprint density at radius 2 is 2.05 bits per heavy atom. The summed E-state index contributed by atoms with van der Waals surface area (Å²) in [6.45, 7) is 7.89. The van der Waals surface area contributed by atoms with Crippen molar-refractivity contribution >= 4 is 5.91 Å². The number of nitrogens with one attached hydrogen (secondary N) is 1. The molecule has 0 aromatic heterocycles. The van der Waals surface area contributed by atoms with Gasteiger partial charge in [0.15, 0.2) is 0 Å². The number of rotatable bonds is 7. The molecule has 0 heterocycles. The fourth-order valence-corrected chi connectivity index (χ4v) is 1.90. The minimum atomic E-state index is -0.880. The zero-order chi connectivity index (χ0) is 16.0. The summed E-state index contributed by atoms with van der Waals surface area (Å²) >= 11 is 0. The van der Waals surface area contributed by atoms with Gasteiger partial charge in [-0.25, -0.2) is 0 Å². The van der Waals surface area contributed by atoms with Crippen LogP contribution in [0.5, 0.6) is 5.75 Å². The van der Waals surface area contributed by atoms with Crippen LogP contribution in [-0.4, -0.2) is 30.3 Å². The molecular formula is C17H27NO3. The molecular weight excluding hydrogens is 266 g/mol. The predicted molar refractivity (Wildman–Crippen MR) is 84.5 cm³/mol. The topological polar surface area (TPSA) is 58.6 Å². The molecule has 0 aliphatic carbocycles. The Labute approximate surface area is 127 Å². The number of carbonyl (C=O) groups excluding carboxylic acids is 1. The van der Waals surface area contributed by atoms with Gasteiger partial charge in [-0.15, -0.1) is 0 Å². The molecule has 4 nitrogen and oxygen atoms in total. The zero-order valence-electron chi connectivity index (χ0n) is 13.6. The van der Waals surface area contributed by atoms with E-state index in [1.54, 1.807) is 14.0 Å². The lowest BCUT2D eigenvalue weighted by Crippen LogP contribution is -2.44. The second-order valence-electron chi connectivity index (χ2n) is 6.17. The fourth-order valence-electron chi connectivity index (χ4n) is 1.90. The number of hydrogen-bond donors (Lipinski definition) is 2. The Hall–Kier alpha value is -1.55. The third-order valence-electron chi connectivity index (χ3n) is 4.04. The second-order valence-corrected chi connectivity index (χ2v) is 6.17. The molecule has 0 aliphatic heterocycles. The van der Waals surface area contributed by atoms with Gasteiger partial charge in [0, 0.05) is 13.0 Å². The molecule has 0 unspecified atom stereocenters. The maximum atomic E-state index is 12.0. The quantitative estimate of drug-likeness (QED) is 0.812. The highest BCUT2D eigenvalue weighted by molar-refractivity contribution is 5.76. The molecule has 118 valence electrons. The van der Waals surface area contributed by atoms with Crippen molar-refractivity contribution in [2.75, 3.05) is 13.7 Å². The molecule has 0 saturated heterocycles. The summed E-state index contributed by atoms with van der Waals surface area (Å²) < 4.78 is 5.19. The van der Waals surface area contributed by atoms with E-state index in [1.165, 1.54) is 0 Å². The van der Waals surface area contributed by atoms with Crippen molar-refractivity contribution < 1.29 is 14.6 Å². The molecule has 1 rings (SSSR count). The largest absolute Gasteiger partial charge is 0.497 e. The van der Waals surface area contributed by atoms with E-state index in [2.05, 4.69) is 5.32 Å². The first-order valence-electron chi connectivity index (χ1n) is 7.39. The van der Waals surface area contributed by atoms with Crippen LogP contribution in [0.25, 0.3) is 0 Å². The second kappa shape index (κ2) is 7.46. The fraction of sp³-hybridized carbons (Fsp3) is 0.588. The lowest BCUT2D eigenvalue weighted by Gasteiger charge is -2.28. The summed E-state index contributed by atoms with van der Waals surface area (Å²) in [7, 11) is 1.63. The van der Waals surface area contributed by atoms with Crippen molar-refractivity contribution in [3.05, 3.63) is 29.8 Å². The van der Waals surface area contributed by atoms with Gasteiger partial charge in [0.2, 0.25) is 5.91 Å². The van der Waals surface area contributed by atoms with E-state index in [1.807, 2.05) is 45.0 Å². The number of methoxy groups -OCH3 is 1. The van der Waals surface area contributed by atoms with E-state index in [-0.39, 0.29) is 24.3 Å². The van der Waals surface area contributed by atoms with Crippen LogP contribution in [0.15, 0.2) is 24.3 Å². The first-order valence-corrected chi connectivity index (χ1v) is 7.39. The van der Waals surface area contributed by atoms with Crippen LogP contribution in [-0.2, 0) is 4.79 Å². The lowest BCUT2D eigenvalue weighted by atomic mass is 9.92. The van der Waals surface area contributed by atoms with Crippen molar-refractivity contribution in [3.8, 4) is 5.75 Å². The standard InChI is InChI=1S/C17H27NO3/c1-12(2)17(4,20)11-18-16(19)9-13(3)14-7-6-8-15(10-14)21-5/h6-8,10,12-13,20H,9,11H2,1-5H3,(H,18,19)/t13-,17+/m1/s1. The van der Waals surface area contributed by atoms with E-state index in [0.29, 0.717) is 6.42 Å². The Kier molecular flexibility index (Phi) is 6.21. The molecule has 2 N–H and O–H groups in total. The average Bonchev–Trinajstić information content (AvgIpc) is 2.45. The number of ether oxygens (including phenoxy) is 1. The van der Waals surface area contributed by atoms with Gasteiger partial charge >= 0.3 is 0 Å².